The number of nitrogens with zero attached hydrogens (tertiary/aromatic N) is 1. The fraction of sp³-hybridized carbons (Fsp3) is 0.125. The minimum absolute atomic E-state index is 0.147. The zero-order valence-corrected chi connectivity index (χ0v) is 8.21. The molecule has 0 saturated heterocycles. The fourth-order valence-corrected chi connectivity index (χ4v) is 2.15. The zero-order valence-electron chi connectivity index (χ0n) is 7.39. The third-order valence-electron chi connectivity index (χ3n) is 1.86. The Morgan fingerprint density at radius 2 is 2.21 bits per heavy atom. The molecule has 0 aliphatic rings. The van der Waals surface area contributed by atoms with Crippen LogP contribution in [0.25, 0.3) is 11.1 Å². The largest absolute Gasteiger partial charge is 0.444 e. The third-order valence-corrected chi connectivity index (χ3v) is 3.00. The van der Waals surface area contributed by atoms with Gasteiger partial charge in [-0.05, 0) is 6.07 Å². The van der Waals surface area contributed by atoms with E-state index in [1.165, 1.54) is 18.5 Å². The van der Waals surface area contributed by atoms with E-state index in [0.29, 0.717) is 5.39 Å². The first kappa shape index (κ1) is 9.01. The fourth-order valence-electron chi connectivity index (χ4n) is 1.27. The molecule has 14 heavy (non-hydrogen) atoms. The molecule has 6 heteroatoms. The minimum atomic E-state index is -3.30. The quantitative estimate of drug-likeness (QED) is 0.756. The monoisotopic (exact) mass is 212 g/mol. The van der Waals surface area contributed by atoms with Gasteiger partial charge in [0.25, 0.3) is 0 Å². The third kappa shape index (κ3) is 1.24. The van der Waals surface area contributed by atoms with Gasteiger partial charge >= 0.3 is 0 Å². The van der Waals surface area contributed by atoms with Gasteiger partial charge in [0.15, 0.2) is 9.84 Å². The van der Waals surface area contributed by atoms with E-state index in [-0.39, 0.29) is 16.3 Å². The van der Waals surface area contributed by atoms with Crippen LogP contribution in [-0.4, -0.2) is 19.7 Å². The van der Waals surface area contributed by atoms with Gasteiger partial charge in [-0.15, -0.1) is 0 Å². The van der Waals surface area contributed by atoms with Gasteiger partial charge in [-0.1, -0.05) is 0 Å². The van der Waals surface area contributed by atoms with Crippen LogP contribution >= 0.6 is 0 Å². The van der Waals surface area contributed by atoms with Crippen molar-refractivity contribution < 1.29 is 12.8 Å². The van der Waals surface area contributed by atoms with Gasteiger partial charge in [-0.2, -0.15) is 0 Å². The molecule has 0 atom stereocenters. The molecule has 0 bridgehead atoms. The molecule has 0 saturated carbocycles. The maximum atomic E-state index is 11.4. The molecule has 0 spiro atoms. The number of aromatic nitrogens is 1. The molecule has 2 N–H and O–H groups in total. The highest BCUT2D eigenvalue weighted by Gasteiger charge is 2.16. The first-order valence-corrected chi connectivity index (χ1v) is 5.71. The summed E-state index contributed by atoms with van der Waals surface area (Å²) in [7, 11) is -3.30. The van der Waals surface area contributed by atoms with Crippen molar-refractivity contribution in [2.24, 2.45) is 0 Å². The normalized spacial score (nSPS) is 12.1. The summed E-state index contributed by atoms with van der Waals surface area (Å²) < 4.78 is 27.7. The van der Waals surface area contributed by atoms with E-state index in [2.05, 4.69) is 4.98 Å². The van der Waals surface area contributed by atoms with Crippen molar-refractivity contribution in [3.63, 3.8) is 0 Å². The number of hydrogen-bond donors (Lipinski definition) is 1. The molecule has 0 aliphatic carbocycles. The molecular formula is C8H8N2O3S. The van der Waals surface area contributed by atoms with Crippen LogP contribution in [0, 0.1) is 0 Å². The van der Waals surface area contributed by atoms with Crippen LogP contribution in [0.1, 0.15) is 0 Å². The molecule has 0 aliphatic heterocycles. The van der Waals surface area contributed by atoms with Crippen molar-refractivity contribution in [3.05, 3.63) is 18.5 Å². The second kappa shape index (κ2) is 2.71. The Morgan fingerprint density at radius 1 is 1.50 bits per heavy atom. The first-order chi connectivity index (χ1) is 6.50. The van der Waals surface area contributed by atoms with E-state index in [1.54, 1.807) is 0 Å². The number of furan rings is 1. The van der Waals surface area contributed by atoms with Crippen molar-refractivity contribution in [3.8, 4) is 0 Å². The standard InChI is InChI=1S/C8H8N2O3S/c1-14(11,12)6-2-3-10-8-7(6)5(9)4-13-8/h2-4H,9H2,1H3. The Kier molecular flexibility index (Phi) is 1.75. The number of hydrogen-bond acceptors (Lipinski definition) is 5. The zero-order chi connectivity index (χ0) is 10.3. The average molecular weight is 212 g/mol. The Balaban J connectivity index is 2.96. The number of rotatable bonds is 1. The van der Waals surface area contributed by atoms with E-state index in [4.69, 9.17) is 10.2 Å². The highest BCUT2D eigenvalue weighted by atomic mass is 32.2. The Hall–Kier alpha value is -1.56. The Labute approximate surface area is 80.5 Å². The molecule has 2 heterocycles. The molecule has 0 aromatic carbocycles. The Bertz CT molecular complexity index is 586. The lowest BCUT2D eigenvalue weighted by Crippen LogP contribution is -1.99. The maximum Gasteiger partial charge on any atom is 0.229 e. The Morgan fingerprint density at radius 3 is 2.86 bits per heavy atom. The summed E-state index contributed by atoms with van der Waals surface area (Å²) in [6.45, 7) is 0. The van der Waals surface area contributed by atoms with Gasteiger partial charge in [0.1, 0.15) is 6.26 Å². The van der Waals surface area contributed by atoms with Crippen molar-refractivity contribution in [2.45, 2.75) is 4.90 Å². The van der Waals surface area contributed by atoms with E-state index >= 15 is 0 Å². The second-order valence-electron chi connectivity index (χ2n) is 2.95. The van der Waals surface area contributed by atoms with Crippen LogP contribution < -0.4 is 5.73 Å². The van der Waals surface area contributed by atoms with Crippen LogP contribution in [0.15, 0.2) is 27.8 Å². The molecule has 0 unspecified atom stereocenters. The number of anilines is 1. The van der Waals surface area contributed by atoms with Crippen LogP contribution in [0.2, 0.25) is 0 Å². The molecule has 0 amide bonds. The highest BCUT2D eigenvalue weighted by Crippen LogP contribution is 2.27. The van der Waals surface area contributed by atoms with Gasteiger partial charge in [0.05, 0.1) is 16.0 Å². The molecule has 0 radical (unpaired) electrons. The number of nitrogen functional groups attached to an aromatic ring is 1. The first-order valence-electron chi connectivity index (χ1n) is 3.82. The highest BCUT2D eigenvalue weighted by molar-refractivity contribution is 7.91. The predicted molar refractivity (Wildman–Crippen MR) is 51.5 cm³/mol. The molecule has 2 aromatic heterocycles. The molecule has 5 nitrogen and oxygen atoms in total. The summed E-state index contributed by atoms with van der Waals surface area (Å²) in [5.74, 6) is 0. The van der Waals surface area contributed by atoms with Gasteiger partial charge < -0.3 is 10.2 Å². The van der Waals surface area contributed by atoms with Gasteiger partial charge in [-0.25, -0.2) is 13.4 Å². The lowest BCUT2D eigenvalue weighted by atomic mass is 10.3. The van der Waals surface area contributed by atoms with Crippen molar-refractivity contribution in [1.82, 2.24) is 4.98 Å². The van der Waals surface area contributed by atoms with Crippen LogP contribution in [-0.2, 0) is 9.84 Å². The van der Waals surface area contributed by atoms with E-state index in [1.807, 2.05) is 0 Å². The maximum absolute atomic E-state index is 11.4. The number of sulfone groups is 1. The van der Waals surface area contributed by atoms with Crippen molar-refractivity contribution >= 4 is 26.6 Å². The molecule has 74 valence electrons. The smallest absolute Gasteiger partial charge is 0.229 e. The van der Waals surface area contributed by atoms with Crippen LogP contribution in [0.5, 0.6) is 0 Å². The molecular weight excluding hydrogens is 204 g/mol. The van der Waals surface area contributed by atoms with Crippen molar-refractivity contribution in [1.29, 1.82) is 0 Å². The van der Waals surface area contributed by atoms with Crippen LogP contribution in [0.3, 0.4) is 0 Å². The summed E-state index contributed by atoms with van der Waals surface area (Å²) in [6, 6.07) is 1.41. The van der Waals surface area contributed by atoms with Gasteiger partial charge in [0.2, 0.25) is 5.71 Å². The summed E-state index contributed by atoms with van der Waals surface area (Å²) >= 11 is 0. The van der Waals surface area contributed by atoms with Crippen LogP contribution in [0.4, 0.5) is 5.69 Å². The number of fused-ring (bicyclic) bond motifs is 1. The van der Waals surface area contributed by atoms with E-state index in [0.717, 1.165) is 6.26 Å². The second-order valence-corrected chi connectivity index (χ2v) is 4.94. The summed E-state index contributed by atoms with van der Waals surface area (Å²) in [5.41, 5.74) is 6.10. The van der Waals surface area contributed by atoms with E-state index in [9.17, 15) is 8.42 Å². The lowest BCUT2D eigenvalue weighted by Gasteiger charge is -1.98. The minimum Gasteiger partial charge on any atom is -0.444 e. The number of pyridine rings is 1. The molecule has 2 aromatic rings. The van der Waals surface area contributed by atoms with Gasteiger partial charge in [0, 0.05) is 12.5 Å². The molecule has 2 rings (SSSR count). The SMILES string of the molecule is CS(=O)(=O)c1ccnc2occ(N)c12. The average Bonchev–Trinajstić information content (AvgIpc) is 2.46. The van der Waals surface area contributed by atoms with Crippen molar-refractivity contribution in [2.75, 3.05) is 12.0 Å². The summed E-state index contributed by atoms with van der Waals surface area (Å²) in [4.78, 5) is 4.01. The van der Waals surface area contributed by atoms with E-state index < -0.39 is 9.84 Å². The summed E-state index contributed by atoms with van der Waals surface area (Å²) in [5, 5.41) is 0.356. The van der Waals surface area contributed by atoms with Gasteiger partial charge in [-0.3, -0.25) is 0 Å². The topological polar surface area (TPSA) is 86.2 Å². The predicted octanol–water partition coefficient (Wildman–Crippen LogP) is 0.814. The lowest BCUT2D eigenvalue weighted by molar-refractivity contribution is 0.598. The molecule has 0 fully saturated rings. The number of nitrogens with two attached hydrogens (primary N) is 1. The summed E-state index contributed by atoms with van der Waals surface area (Å²) in [6.07, 6.45) is 3.78.